The van der Waals surface area contributed by atoms with Crippen LogP contribution in [-0.2, 0) is 0 Å². The van der Waals surface area contributed by atoms with Crippen LogP contribution >= 0.6 is 0 Å². The van der Waals surface area contributed by atoms with Crippen LogP contribution in [0.3, 0.4) is 0 Å². The van der Waals surface area contributed by atoms with E-state index in [0.717, 1.165) is 16.9 Å². The van der Waals surface area contributed by atoms with E-state index >= 15 is 0 Å². The van der Waals surface area contributed by atoms with Gasteiger partial charge in [-0.25, -0.2) is 0 Å². The number of rotatable bonds is 2. The summed E-state index contributed by atoms with van der Waals surface area (Å²) in [5.74, 6) is 1.44. The normalized spacial score (nSPS) is 20.6. The highest BCUT2D eigenvalue weighted by Crippen LogP contribution is 2.42. The largest absolute Gasteiger partial charge is 0.497 e. The van der Waals surface area contributed by atoms with Crippen LogP contribution in [0.5, 0.6) is 11.5 Å². The number of hydrogen-bond acceptors (Lipinski definition) is 3. The molecule has 110 valence electrons. The van der Waals surface area contributed by atoms with Gasteiger partial charge in [-0.3, -0.25) is 0 Å². The first-order valence-electron chi connectivity index (χ1n) is 7.17. The van der Waals surface area contributed by atoms with Crippen LogP contribution in [0.4, 0.5) is 0 Å². The van der Waals surface area contributed by atoms with E-state index in [1.807, 2.05) is 18.2 Å². The third-order valence-corrected chi connectivity index (χ3v) is 3.90. The molecule has 0 aliphatic carbocycles. The molecule has 21 heavy (non-hydrogen) atoms. The van der Waals surface area contributed by atoms with E-state index in [0.29, 0.717) is 12.2 Å². The van der Waals surface area contributed by atoms with Gasteiger partial charge in [-0.1, -0.05) is 29.3 Å². The maximum Gasteiger partial charge on any atom is 0.129 e. The number of ether oxygens (including phenoxy) is 2. The van der Waals surface area contributed by atoms with Crippen molar-refractivity contribution in [3.63, 3.8) is 0 Å². The topological polar surface area (TPSA) is 38.7 Å². The van der Waals surface area contributed by atoms with Gasteiger partial charge in [0.25, 0.3) is 0 Å². The fraction of sp³-hybridized carbons (Fsp3) is 0.333. The minimum atomic E-state index is -0.509. The predicted octanol–water partition coefficient (Wildman–Crippen LogP) is 3.87. The number of benzene rings is 2. The summed E-state index contributed by atoms with van der Waals surface area (Å²) < 4.78 is 11.3. The minimum Gasteiger partial charge on any atom is -0.497 e. The van der Waals surface area contributed by atoms with Crippen LogP contribution in [-0.4, -0.2) is 12.2 Å². The number of aliphatic hydroxyl groups excluding tert-OH is 1. The molecule has 0 saturated heterocycles. The average molecular weight is 284 g/mol. The van der Waals surface area contributed by atoms with Crippen molar-refractivity contribution in [2.75, 3.05) is 7.11 Å². The molecule has 0 bridgehead atoms. The second-order valence-electron chi connectivity index (χ2n) is 5.68. The number of fused-ring (bicyclic) bond motifs is 1. The minimum absolute atomic E-state index is 0.127. The van der Waals surface area contributed by atoms with E-state index in [1.54, 1.807) is 7.11 Å². The van der Waals surface area contributed by atoms with E-state index in [9.17, 15) is 5.11 Å². The van der Waals surface area contributed by atoms with E-state index in [1.165, 1.54) is 11.1 Å². The molecule has 3 nitrogen and oxygen atoms in total. The summed E-state index contributed by atoms with van der Waals surface area (Å²) in [6, 6.07) is 11.9. The highest BCUT2D eigenvalue weighted by Gasteiger charge is 2.28. The Balaban J connectivity index is 1.96. The summed E-state index contributed by atoms with van der Waals surface area (Å²) in [6.07, 6.45) is -0.0638. The van der Waals surface area contributed by atoms with Crippen molar-refractivity contribution in [1.82, 2.24) is 0 Å². The van der Waals surface area contributed by atoms with E-state index < -0.39 is 6.10 Å². The van der Waals surface area contributed by atoms with Crippen LogP contribution in [0, 0.1) is 13.8 Å². The van der Waals surface area contributed by atoms with Crippen LogP contribution in [0.15, 0.2) is 36.4 Å². The molecule has 1 aliphatic heterocycles. The van der Waals surface area contributed by atoms with Gasteiger partial charge in [-0.2, -0.15) is 0 Å². The fourth-order valence-corrected chi connectivity index (χ4v) is 2.95. The molecule has 2 atom stereocenters. The quantitative estimate of drug-likeness (QED) is 0.910. The molecule has 0 spiro atoms. The monoisotopic (exact) mass is 284 g/mol. The number of aryl methyl sites for hydroxylation is 2. The Morgan fingerprint density at radius 3 is 2.48 bits per heavy atom. The maximum atomic E-state index is 10.4. The molecule has 2 aromatic carbocycles. The lowest BCUT2D eigenvalue weighted by atomic mass is 9.93. The third-order valence-electron chi connectivity index (χ3n) is 3.90. The smallest absolute Gasteiger partial charge is 0.129 e. The molecule has 1 aliphatic rings. The van der Waals surface area contributed by atoms with Gasteiger partial charge < -0.3 is 14.6 Å². The van der Waals surface area contributed by atoms with Crippen molar-refractivity contribution in [2.45, 2.75) is 32.5 Å². The molecular weight excluding hydrogens is 264 g/mol. The number of aliphatic hydroxyl groups is 1. The lowest BCUT2D eigenvalue weighted by Gasteiger charge is -2.30. The van der Waals surface area contributed by atoms with E-state index in [4.69, 9.17) is 9.47 Å². The SMILES string of the molecule is COc1ccc2c(c1)OC(c1cc(C)cc(C)c1)CC2O. The molecule has 0 saturated carbocycles. The van der Waals surface area contributed by atoms with Crippen molar-refractivity contribution < 1.29 is 14.6 Å². The molecule has 2 aromatic rings. The standard InChI is InChI=1S/C18H20O3/c1-11-6-12(2)8-13(7-11)17-10-16(19)15-5-4-14(20-3)9-18(15)21-17/h4-9,16-17,19H,10H2,1-3H3. The first-order chi connectivity index (χ1) is 10.1. The Morgan fingerprint density at radius 1 is 1.10 bits per heavy atom. The second-order valence-corrected chi connectivity index (χ2v) is 5.68. The molecular formula is C18H20O3. The zero-order chi connectivity index (χ0) is 15.0. The van der Waals surface area contributed by atoms with Crippen LogP contribution < -0.4 is 9.47 Å². The Morgan fingerprint density at radius 2 is 1.81 bits per heavy atom. The van der Waals surface area contributed by atoms with Gasteiger partial charge in [0, 0.05) is 18.1 Å². The molecule has 2 unspecified atom stereocenters. The predicted molar refractivity (Wildman–Crippen MR) is 81.9 cm³/mol. The van der Waals surface area contributed by atoms with E-state index in [2.05, 4.69) is 32.0 Å². The summed E-state index contributed by atoms with van der Waals surface area (Å²) in [5, 5.41) is 10.4. The van der Waals surface area contributed by atoms with Gasteiger partial charge in [0.05, 0.1) is 13.2 Å². The van der Waals surface area contributed by atoms with Crippen molar-refractivity contribution >= 4 is 0 Å². The van der Waals surface area contributed by atoms with Crippen molar-refractivity contribution in [3.05, 3.63) is 58.7 Å². The van der Waals surface area contributed by atoms with Gasteiger partial charge >= 0.3 is 0 Å². The van der Waals surface area contributed by atoms with Crippen molar-refractivity contribution in [2.24, 2.45) is 0 Å². The number of hydrogen-bond donors (Lipinski definition) is 1. The maximum absolute atomic E-state index is 10.4. The summed E-state index contributed by atoms with van der Waals surface area (Å²) >= 11 is 0. The molecule has 1 N–H and O–H groups in total. The first-order valence-corrected chi connectivity index (χ1v) is 7.17. The van der Waals surface area contributed by atoms with Crippen LogP contribution in [0.25, 0.3) is 0 Å². The van der Waals surface area contributed by atoms with Gasteiger partial charge in [0.2, 0.25) is 0 Å². The van der Waals surface area contributed by atoms with Gasteiger partial charge in [0.15, 0.2) is 0 Å². The summed E-state index contributed by atoms with van der Waals surface area (Å²) in [4.78, 5) is 0. The molecule has 3 rings (SSSR count). The highest BCUT2D eigenvalue weighted by molar-refractivity contribution is 5.44. The zero-order valence-corrected chi connectivity index (χ0v) is 12.6. The lowest BCUT2D eigenvalue weighted by Crippen LogP contribution is -2.19. The Labute approximate surface area is 125 Å². The van der Waals surface area contributed by atoms with Crippen LogP contribution in [0.2, 0.25) is 0 Å². The molecule has 0 amide bonds. The Bertz CT molecular complexity index is 643. The molecule has 0 radical (unpaired) electrons. The average Bonchev–Trinajstić information content (AvgIpc) is 2.45. The summed E-state index contributed by atoms with van der Waals surface area (Å²) in [7, 11) is 1.63. The van der Waals surface area contributed by atoms with E-state index in [-0.39, 0.29) is 6.10 Å². The fourth-order valence-electron chi connectivity index (χ4n) is 2.95. The van der Waals surface area contributed by atoms with Gasteiger partial charge in [0.1, 0.15) is 17.6 Å². The molecule has 0 aromatic heterocycles. The van der Waals surface area contributed by atoms with Gasteiger partial charge in [-0.05, 0) is 31.5 Å². The molecule has 3 heteroatoms. The van der Waals surface area contributed by atoms with Crippen molar-refractivity contribution in [3.8, 4) is 11.5 Å². The van der Waals surface area contributed by atoms with Crippen molar-refractivity contribution in [1.29, 1.82) is 0 Å². The number of methoxy groups -OCH3 is 1. The van der Waals surface area contributed by atoms with Gasteiger partial charge in [-0.15, -0.1) is 0 Å². The van der Waals surface area contributed by atoms with Crippen LogP contribution in [0.1, 0.15) is 40.9 Å². The Hall–Kier alpha value is -2.00. The molecule has 1 heterocycles. The lowest BCUT2D eigenvalue weighted by molar-refractivity contribution is 0.0654. The highest BCUT2D eigenvalue weighted by atomic mass is 16.5. The zero-order valence-electron chi connectivity index (χ0n) is 12.6. The second kappa shape index (κ2) is 5.41. The Kier molecular flexibility index (Phi) is 3.60. The molecule has 0 fully saturated rings. The summed E-state index contributed by atoms with van der Waals surface area (Å²) in [5.41, 5.74) is 4.36. The third kappa shape index (κ3) is 2.74. The first kappa shape index (κ1) is 14.0. The summed E-state index contributed by atoms with van der Waals surface area (Å²) in [6.45, 7) is 4.15.